The summed E-state index contributed by atoms with van der Waals surface area (Å²) in [7, 11) is 3.21. The molecule has 1 unspecified atom stereocenters. The van der Waals surface area contributed by atoms with Crippen molar-refractivity contribution in [3.8, 4) is 11.5 Å². The molecule has 7 nitrogen and oxygen atoms in total. The molecule has 2 atom stereocenters. The number of hydrogen-bond acceptors (Lipinski definition) is 8. The maximum atomic E-state index is 12.4. The van der Waals surface area contributed by atoms with Crippen molar-refractivity contribution < 1.29 is 19.0 Å². The molecule has 3 N–H and O–H groups in total. The molecule has 0 bridgehead atoms. The van der Waals surface area contributed by atoms with Gasteiger partial charge in [0.2, 0.25) is 0 Å². The van der Waals surface area contributed by atoms with Gasteiger partial charge in [0.05, 0.1) is 42.4 Å². The van der Waals surface area contributed by atoms with Crippen LogP contribution in [0, 0.1) is 0 Å². The smallest absolute Gasteiger partial charge is 0.307 e. The predicted octanol–water partition coefficient (Wildman–Crippen LogP) is 4.17. The van der Waals surface area contributed by atoms with E-state index in [1.165, 1.54) is 17.8 Å². The summed E-state index contributed by atoms with van der Waals surface area (Å²) in [6.07, 6.45) is 1.59. The standard InChI is InChI=1S/C22H24ClN3O4S/c1-4-10-30-19(27)12-18-22(26-24)25-15-9-8-13(23)11-14(15)21(31-18)20-16(28-2)6-5-7-17(20)29-3/h4-9,11,18,21H,1,10,12,24H2,2-3H3,(H,25,26)/t18-,21?/m1/s1. The van der Waals surface area contributed by atoms with Gasteiger partial charge in [0.15, 0.2) is 0 Å². The molecule has 164 valence electrons. The first-order valence-corrected chi connectivity index (χ1v) is 10.8. The van der Waals surface area contributed by atoms with Crippen molar-refractivity contribution in [1.29, 1.82) is 0 Å². The second-order valence-corrected chi connectivity index (χ2v) is 8.35. The zero-order chi connectivity index (χ0) is 22.4. The highest BCUT2D eigenvalue weighted by Gasteiger charge is 2.34. The van der Waals surface area contributed by atoms with Gasteiger partial charge in [-0.2, -0.15) is 0 Å². The van der Waals surface area contributed by atoms with Gasteiger partial charge >= 0.3 is 5.97 Å². The van der Waals surface area contributed by atoms with Gasteiger partial charge < -0.3 is 19.6 Å². The van der Waals surface area contributed by atoms with Crippen LogP contribution in [0.15, 0.2) is 54.0 Å². The average molecular weight is 462 g/mol. The van der Waals surface area contributed by atoms with Gasteiger partial charge in [-0.3, -0.25) is 4.79 Å². The van der Waals surface area contributed by atoms with E-state index in [4.69, 9.17) is 36.6 Å². The summed E-state index contributed by atoms with van der Waals surface area (Å²) < 4.78 is 16.5. The van der Waals surface area contributed by atoms with Gasteiger partial charge in [-0.15, -0.1) is 11.8 Å². The van der Waals surface area contributed by atoms with Crippen LogP contribution in [0.5, 0.6) is 11.5 Å². The van der Waals surface area contributed by atoms with E-state index >= 15 is 0 Å². The number of nitrogens with zero attached hydrogens (tertiary/aromatic N) is 1. The summed E-state index contributed by atoms with van der Waals surface area (Å²) in [6.45, 7) is 3.71. The number of esters is 1. The lowest BCUT2D eigenvalue weighted by atomic mass is 10.0. The zero-order valence-corrected chi connectivity index (χ0v) is 18.8. The van der Waals surface area contributed by atoms with Crippen molar-refractivity contribution >= 4 is 40.9 Å². The Kier molecular flexibility index (Phi) is 7.84. The Hall–Kier alpha value is -2.68. The highest BCUT2D eigenvalue weighted by Crippen LogP contribution is 2.51. The number of hydrogen-bond donors (Lipinski definition) is 2. The number of thioether (sulfide) groups is 1. The third-order valence-electron chi connectivity index (χ3n) is 4.71. The Morgan fingerprint density at radius 2 is 2.00 bits per heavy atom. The number of fused-ring (bicyclic) bond motifs is 1. The van der Waals surface area contributed by atoms with Crippen LogP contribution in [0.3, 0.4) is 0 Å². The summed E-state index contributed by atoms with van der Waals surface area (Å²) in [4.78, 5) is 17.1. The first kappa shape index (κ1) is 23.0. The van der Waals surface area contributed by atoms with E-state index in [1.54, 1.807) is 20.3 Å². The minimum atomic E-state index is -0.409. The highest BCUT2D eigenvalue weighted by atomic mass is 35.5. The molecular weight excluding hydrogens is 438 g/mol. The fraction of sp³-hybridized carbons (Fsp3) is 0.273. The number of amidine groups is 1. The molecule has 1 heterocycles. The van der Waals surface area contributed by atoms with Crippen molar-refractivity contribution in [3.63, 3.8) is 0 Å². The van der Waals surface area contributed by atoms with E-state index in [0.29, 0.717) is 28.0 Å². The number of carbonyl (C=O) groups excluding carboxylic acids is 1. The topological polar surface area (TPSA) is 95.2 Å². The molecule has 2 aromatic carbocycles. The lowest BCUT2D eigenvalue weighted by Crippen LogP contribution is -2.39. The summed E-state index contributed by atoms with van der Waals surface area (Å²) in [5.74, 6) is 7.17. The van der Waals surface area contributed by atoms with Gasteiger partial charge in [-0.25, -0.2) is 10.8 Å². The lowest BCUT2D eigenvalue weighted by Gasteiger charge is -2.25. The number of nitrogens with two attached hydrogens (primary N) is 1. The summed E-state index contributed by atoms with van der Waals surface area (Å²) >= 11 is 7.83. The maximum Gasteiger partial charge on any atom is 0.307 e. The molecular formula is C22H24ClN3O4S. The molecule has 0 aliphatic carbocycles. The number of halogens is 1. The van der Waals surface area contributed by atoms with Gasteiger partial charge in [-0.1, -0.05) is 30.3 Å². The number of rotatable bonds is 7. The average Bonchev–Trinajstić information content (AvgIpc) is 2.93. The van der Waals surface area contributed by atoms with Gasteiger partial charge in [0.25, 0.3) is 0 Å². The van der Waals surface area contributed by atoms with E-state index < -0.39 is 5.25 Å². The van der Waals surface area contributed by atoms with Crippen molar-refractivity contribution in [1.82, 2.24) is 5.43 Å². The number of methoxy groups -OCH3 is 2. The summed E-state index contributed by atoms with van der Waals surface area (Å²) in [5, 5.41) is -0.140. The Balaban J connectivity index is 2.14. The predicted molar refractivity (Wildman–Crippen MR) is 124 cm³/mol. The molecule has 1 aliphatic heterocycles. The quantitative estimate of drug-likeness (QED) is 0.276. The number of nitrogens with one attached hydrogen (secondary N) is 1. The van der Waals surface area contributed by atoms with Gasteiger partial charge in [0, 0.05) is 5.02 Å². The molecule has 2 aromatic rings. The van der Waals surface area contributed by atoms with Crippen molar-refractivity contribution in [2.75, 3.05) is 20.8 Å². The van der Waals surface area contributed by atoms with Crippen molar-refractivity contribution in [2.45, 2.75) is 16.9 Å². The number of aliphatic imine (C=N–C) groups is 1. The van der Waals surface area contributed by atoms with E-state index in [2.05, 4.69) is 12.0 Å². The van der Waals surface area contributed by atoms with Crippen LogP contribution in [-0.2, 0) is 9.53 Å². The minimum Gasteiger partial charge on any atom is -0.496 e. The second kappa shape index (κ2) is 10.6. The Bertz CT molecular complexity index is 976. The molecule has 0 fully saturated rings. The fourth-order valence-electron chi connectivity index (χ4n) is 3.34. The van der Waals surface area contributed by atoms with E-state index in [1.807, 2.05) is 30.3 Å². The Morgan fingerprint density at radius 3 is 2.61 bits per heavy atom. The monoisotopic (exact) mass is 461 g/mol. The third-order valence-corrected chi connectivity index (χ3v) is 6.42. The van der Waals surface area contributed by atoms with Gasteiger partial charge in [-0.05, 0) is 35.9 Å². The SMILES string of the molecule is C=CCOC(=O)C[C@H]1SC(c2c(OC)cccc2OC)c2cc(Cl)ccc2N=C1NN. The molecule has 0 aromatic heterocycles. The van der Waals surface area contributed by atoms with Crippen LogP contribution in [0.4, 0.5) is 5.69 Å². The molecule has 0 amide bonds. The summed E-state index contributed by atoms with van der Waals surface area (Å²) in [5.41, 5.74) is 5.01. The first-order chi connectivity index (χ1) is 15.0. The fourth-order valence-corrected chi connectivity index (χ4v) is 5.03. The van der Waals surface area contributed by atoms with Crippen LogP contribution in [0.1, 0.15) is 22.8 Å². The number of hydrazine groups is 1. The second-order valence-electron chi connectivity index (χ2n) is 6.60. The molecule has 0 saturated heterocycles. The number of benzene rings is 2. The van der Waals surface area contributed by atoms with E-state index in [-0.39, 0.29) is 24.2 Å². The van der Waals surface area contributed by atoms with Crippen LogP contribution in [0.2, 0.25) is 5.02 Å². The normalized spacial score (nSPS) is 17.6. The molecule has 0 saturated carbocycles. The maximum absolute atomic E-state index is 12.4. The summed E-state index contributed by atoms with van der Waals surface area (Å²) in [6, 6.07) is 11.0. The van der Waals surface area contributed by atoms with Crippen LogP contribution in [0.25, 0.3) is 0 Å². The van der Waals surface area contributed by atoms with Crippen LogP contribution >= 0.6 is 23.4 Å². The van der Waals surface area contributed by atoms with Crippen molar-refractivity contribution in [3.05, 3.63) is 65.2 Å². The molecule has 1 aliphatic rings. The highest BCUT2D eigenvalue weighted by molar-refractivity contribution is 8.01. The molecule has 0 radical (unpaired) electrons. The molecule has 31 heavy (non-hydrogen) atoms. The Labute approximate surface area is 190 Å². The third kappa shape index (κ3) is 5.15. The Morgan fingerprint density at radius 1 is 1.29 bits per heavy atom. The lowest BCUT2D eigenvalue weighted by molar-refractivity contribution is -0.142. The molecule has 0 spiro atoms. The number of ether oxygens (including phenoxy) is 3. The van der Waals surface area contributed by atoms with Crippen LogP contribution in [-0.4, -0.2) is 37.9 Å². The van der Waals surface area contributed by atoms with E-state index in [0.717, 1.165) is 11.1 Å². The largest absolute Gasteiger partial charge is 0.496 e. The zero-order valence-electron chi connectivity index (χ0n) is 17.3. The molecule has 3 rings (SSSR count). The van der Waals surface area contributed by atoms with E-state index in [9.17, 15) is 4.79 Å². The first-order valence-electron chi connectivity index (χ1n) is 9.49. The van der Waals surface area contributed by atoms with Crippen LogP contribution < -0.4 is 20.7 Å². The molecule has 9 heteroatoms. The minimum absolute atomic E-state index is 0.0667. The van der Waals surface area contributed by atoms with Crippen molar-refractivity contribution in [2.24, 2.45) is 10.8 Å². The van der Waals surface area contributed by atoms with Gasteiger partial charge in [0.1, 0.15) is 23.9 Å². The number of carbonyl (C=O) groups is 1.